The van der Waals surface area contributed by atoms with Gasteiger partial charge in [-0.1, -0.05) is 12.8 Å². The van der Waals surface area contributed by atoms with E-state index < -0.39 is 0 Å². The van der Waals surface area contributed by atoms with Gasteiger partial charge >= 0.3 is 0 Å². The van der Waals surface area contributed by atoms with Crippen LogP contribution in [0.3, 0.4) is 0 Å². The van der Waals surface area contributed by atoms with Crippen molar-refractivity contribution in [3.8, 4) is 0 Å². The average molecular weight is 349 g/mol. The van der Waals surface area contributed by atoms with E-state index in [-0.39, 0.29) is 6.10 Å². The fraction of sp³-hybridized carbons (Fsp3) is 0.944. The zero-order valence-electron chi connectivity index (χ0n) is 15.1. The van der Waals surface area contributed by atoms with Gasteiger partial charge in [0.25, 0.3) is 0 Å². The third kappa shape index (κ3) is 4.04. The SMILES string of the molecule is O[C@@H]1CCCC[C@H]1[C@H]1CCCN1Cc1nnnn1CC1CCOCC1. The highest BCUT2D eigenvalue weighted by molar-refractivity contribution is 4.93. The van der Waals surface area contributed by atoms with Crippen molar-refractivity contribution in [2.75, 3.05) is 19.8 Å². The van der Waals surface area contributed by atoms with Crippen LogP contribution >= 0.6 is 0 Å². The van der Waals surface area contributed by atoms with Crippen molar-refractivity contribution in [3.05, 3.63) is 5.82 Å². The summed E-state index contributed by atoms with van der Waals surface area (Å²) in [4.78, 5) is 2.52. The van der Waals surface area contributed by atoms with E-state index in [0.717, 1.165) is 64.4 Å². The van der Waals surface area contributed by atoms with Gasteiger partial charge in [-0.25, -0.2) is 4.68 Å². The molecule has 3 heterocycles. The van der Waals surface area contributed by atoms with Crippen molar-refractivity contribution >= 4 is 0 Å². The standard InChI is InChI=1S/C18H31N5O2/c24-17-6-2-1-4-15(17)16-5-3-9-22(16)13-18-19-20-21-23(18)12-14-7-10-25-11-8-14/h14-17,24H,1-13H2/t15-,16+,17+/m0/s1. The Morgan fingerprint density at radius 2 is 1.88 bits per heavy atom. The summed E-state index contributed by atoms with van der Waals surface area (Å²) in [5, 5.41) is 23.0. The molecule has 1 aliphatic carbocycles. The van der Waals surface area contributed by atoms with E-state index in [4.69, 9.17) is 4.74 Å². The van der Waals surface area contributed by atoms with Gasteiger partial charge in [0.2, 0.25) is 0 Å². The van der Waals surface area contributed by atoms with Crippen molar-refractivity contribution in [1.82, 2.24) is 25.1 Å². The molecule has 7 nitrogen and oxygen atoms in total. The lowest BCUT2D eigenvalue weighted by atomic mass is 9.80. The highest BCUT2D eigenvalue weighted by Crippen LogP contribution is 2.35. The van der Waals surface area contributed by atoms with Crippen molar-refractivity contribution < 1.29 is 9.84 Å². The average Bonchev–Trinajstić information content (AvgIpc) is 3.27. The van der Waals surface area contributed by atoms with Gasteiger partial charge in [-0.2, -0.15) is 0 Å². The lowest BCUT2D eigenvalue weighted by Gasteiger charge is -2.37. The summed E-state index contributed by atoms with van der Waals surface area (Å²) in [6.07, 6.45) is 9.05. The molecule has 0 spiro atoms. The van der Waals surface area contributed by atoms with Gasteiger partial charge in [-0.3, -0.25) is 4.90 Å². The van der Waals surface area contributed by atoms with Gasteiger partial charge < -0.3 is 9.84 Å². The number of rotatable bonds is 5. The highest BCUT2D eigenvalue weighted by Gasteiger charge is 2.37. The lowest BCUT2D eigenvalue weighted by molar-refractivity contribution is 0.0189. The quantitative estimate of drug-likeness (QED) is 0.870. The van der Waals surface area contributed by atoms with Crippen LogP contribution in [-0.2, 0) is 17.8 Å². The fourth-order valence-corrected chi connectivity index (χ4v) is 4.96. The molecule has 1 N–H and O–H groups in total. The van der Waals surface area contributed by atoms with Crippen LogP contribution in [0.4, 0.5) is 0 Å². The largest absolute Gasteiger partial charge is 0.393 e. The first-order chi connectivity index (χ1) is 12.3. The molecule has 0 aromatic carbocycles. The molecule has 7 heteroatoms. The molecule has 3 atom stereocenters. The van der Waals surface area contributed by atoms with E-state index in [1.807, 2.05) is 4.68 Å². The molecule has 3 aliphatic rings. The Kier molecular flexibility index (Phi) is 5.63. The first kappa shape index (κ1) is 17.4. The molecule has 4 rings (SSSR count). The number of hydrogen-bond donors (Lipinski definition) is 1. The van der Waals surface area contributed by atoms with Crippen LogP contribution < -0.4 is 0 Å². The van der Waals surface area contributed by atoms with Crippen molar-refractivity contribution in [2.45, 2.75) is 76.6 Å². The third-order valence-electron chi connectivity index (χ3n) is 6.41. The maximum atomic E-state index is 10.5. The summed E-state index contributed by atoms with van der Waals surface area (Å²) < 4.78 is 7.46. The van der Waals surface area contributed by atoms with Crippen LogP contribution in [0.5, 0.6) is 0 Å². The number of aromatic nitrogens is 4. The van der Waals surface area contributed by atoms with Gasteiger partial charge in [0.05, 0.1) is 12.6 Å². The molecule has 1 saturated carbocycles. The molecule has 0 radical (unpaired) electrons. The molecule has 0 unspecified atom stereocenters. The summed E-state index contributed by atoms with van der Waals surface area (Å²) in [7, 11) is 0. The molecule has 1 aromatic rings. The molecular formula is C18H31N5O2. The number of nitrogens with zero attached hydrogens (tertiary/aromatic N) is 5. The molecule has 0 amide bonds. The van der Waals surface area contributed by atoms with Crippen molar-refractivity contribution in [3.63, 3.8) is 0 Å². The summed E-state index contributed by atoms with van der Waals surface area (Å²) >= 11 is 0. The van der Waals surface area contributed by atoms with Crippen LogP contribution in [0.15, 0.2) is 0 Å². The predicted molar refractivity (Wildman–Crippen MR) is 92.8 cm³/mol. The van der Waals surface area contributed by atoms with Gasteiger partial charge in [0.1, 0.15) is 0 Å². The number of ether oxygens (including phenoxy) is 1. The van der Waals surface area contributed by atoms with Crippen LogP contribution in [0, 0.1) is 11.8 Å². The Labute approximate surface area is 149 Å². The Morgan fingerprint density at radius 3 is 2.72 bits per heavy atom. The Balaban J connectivity index is 1.40. The first-order valence-corrected chi connectivity index (χ1v) is 10.1. The highest BCUT2D eigenvalue weighted by atomic mass is 16.5. The Bertz CT molecular complexity index is 545. The summed E-state index contributed by atoms with van der Waals surface area (Å²) in [6, 6.07) is 0.489. The second-order valence-corrected chi connectivity index (χ2v) is 8.03. The molecule has 3 fully saturated rings. The summed E-state index contributed by atoms with van der Waals surface area (Å²) in [5.74, 6) is 2.02. The molecule has 2 aliphatic heterocycles. The maximum absolute atomic E-state index is 10.5. The van der Waals surface area contributed by atoms with Crippen LogP contribution in [-0.4, -0.2) is 62.1 Å². The lowest BCUT2D eigenvalue weighted by Crippen LogP contribution is -2.42. The molecule has 2 saturated heterocycles. The first-order valence-electron chi connectivity index (χ1n) is 10.1. The second kappa shape index (κ2) is 8.10. The van der Waals surface area contributed by atoms with Crippen molar-refractivity contribution in [2.24, 2.45) is 11.8 Å². The second-order valence-electron chi connectivity index (χ2n) is 8.03. The van der Waals surface area contributed by atoms with Gasteiger partial charge in [-0.15, -0.1) is 5.10 Å². The minimum absolute atomic E-state index is 0.127. The van der Waals surface area contributed by atoms with Crippen molar-refractivity contribution in [1.29, 1.82) is 0 Å². The van der Waals surface area contributed by atoms with E-state index in [1.165, 1.54) is 25.7 Å². The van der Waals surface area contributed by atoms with Gasteiger partial charge in [0.15, 0.2) is 5.82 Å². The fourth-order valence-electron chi connectivity index (χ4n) is 4.96. The van der Waals surface area contributed by atoms with E-state index in [0.29, 0.717) is 17.9 Å². The summed E-state index contributed by atoms with van der Waals surface area (Å²) in [5.41, 5.74) is 0. The molecule has 140 valence electrons. The number of aliphatic hydroxyl groups excluding tert-OH is 1. The number of likely N-dealkylation sites (tertiary alicyclic amines) is 1. The van der Waals surface area contributed by atoms with E-state index in [1.54, 1.807) is 0 Å². The molecule has 1 aromatic heterocycles. The van der Waals surface area contributed by atoms with Crippen LogP contribution in [0.1, 0.15) is 57.2 Å². The minimum Gasteiger partial charge on any atom is -0.393 e. The van der Waals surface area contributed by atoms with Crippen LogP contribution in [0.2, 0.25) is 0 Å². The van der Waals surface area contributed by atoms with Gasteiger partial charge in [-0.05, 0) is 61.4 Å². The zero-order valence-corrected chi connectivity index (χ0v) is 15.1. The Hall–Kier alpha value is -1.05. The van der Waals surface area contributed by atoms with E-state index >= 15 is 0 Å². The third-order valence-corrected chi connectivity index (χ3v) is 6.41. The maximum Gasteiger partial charge on any atom is 0.165 e. The normalized spacial score (nSPS) is 32.3. The van der Waals surface area contributed by atoms with E-state index in [9.17, 15) is 5.11 Å². The van der Waals surface area contributed by atoms with Gasteiger partial charge in [0, 0.05) is 31.7 Å². The minimum atomic E-state index is -0.127. The monoisotopic (exact) mass is 349 g/mol. The molecule has 0 bridgehead atoms. The summed E-state index contributed by atoms with van der Waals surface area (Å²) in [6.45, 7) is 4.52. The molecular weight excluding hydrogens is 318 g/mol. The number of aliphatic hydroxyl groups is 1. The topological polar surface area (TPSA) is 76.3 Å². The predicted octanol–water partition coefficient (Wildman–Crippen LogP) is 1.62. The Morgan fingerprint density at radius 1 is 1.04 bits per heavy atom. The smallest absolute Gasteiger partial charge is 0.165 e. The zero-order chi connectivity index (χ0) is 17.1. The van der Waals surface area contributed by atoms with Crippen LogP contribution in [0.25, 0.3) is 0 Å². The molecule has 25 heavy (non-hydrogen) atoms. The van der Waals surface area contributed by atoms with E-state index in [2.05, 4.69) is 20.4 Å². The number of tetrazole rings is 1. The number of hydrogen-bond acceptors (Lipinski definition) is 6.